The van der Waals surface area contributed by atoms with Crippen LogP contribution in [0.3, 0.4) is 0 Å². The standard InChI is InChI=1S/C17H18S/c1-3-12(2)17-13-8-4-6-10-15(13)18-16-11-7-5-9-14(16)17/h4-12,17H,3H2,1-2H3. The Morgan fingerprint density at radius 3 is 1.94 bits per heavy atom. The van der Waals surface area contributed by atoms with Gasteiger partial charge in [-0.2, -0.15) is 0 Å². The largest absolute Gasteiger partial charge is 0.0895 e. The summed E-state index contributed by atoms with van der Waals surface area (Å²) >= 11 is 1.91. The van der Waals surface area contributed by atoms with E-state index in [1.165, 1.54) is 27.3 Å². The molecule has 2 aromatic rings. The molecule has 1 unspecified atom stereocenters. The lowest BCUT2D eigenvalue weighted by atomic mass is 9.80. The normalized spacial score (nSPS) is 15.9. The van der Waals surface area contributed by atoms with Crippen LogP contribution in [0, 0.1) is 5.92 Å². The van der Waals surface area contributed by atoms with E-state index >= 15 is 0 Å². The minimum atomic E-state index is 0.559. The molecule has 3 rings (SSSR count). The van der Waals surface area contributed by atoms with E-state index in [0.717, 1.165) is 0 Å². The lowest BCUT2D eigenvalue weighted by molar-refractivity contribution is 0.484. The molecule has 0 aliphatic carbocycles. The quantitative estimate of drug-likeness (QED) is 0.698. The van der Waals surface area contributed by atoms with Crippen molar-refractivity contribution in [3.8, 4) is 0 Å². The van der Waals surface area contributed by atoms with Crippen molar-refractivity contribution in [1.82, 2.24) is 0 Å². The van der Waals surface area contributed by atoms with Crippen molar-refractivity contribution in [2.45, 2.75) is 36.0 Å². The second-order valence-electron chi connectivity index (χ2n) is 5.04. The van der Waals surface area contributed by atoms with E-state index in [-0.39, 0.29) is 0 Å². The number of benzene rings is 2. The summed E-state index contributed by atoms with van der Waals surface area (Å²) in [6.45, 7) is 4.66. The summed E-state index contributed by atoms with van der Waals surface area (Å²) < 4.78 is 0. The predicted octanol–water partition coefficient (Wildman–Crippen LogP) is 5.33. The molecule has 0 aromatic heterocycles. The predicted molar refractivity (Wildman–Crippen MR) is 78.3 cm³/mol. The third-order valence-corrected chi connectivity index (χ3v) is 5.12. The average molecular weight is 254 g/mol. The summed E-state index contributed by atoms with van der Waals surface area (Å²) in [5, 5.41) is 0. The van der Waals surface area contributed by atoms with Crippen molar-refractivity contribution in [3.63, 3.8) is 0 Å². The maximum atomic E-state index is 2.37. The Bertz CT molecular complexity index is 514. The first-order valence-electron chi connectivity index (χ1n) is 6.67. The highest BCUT2D eigenvalue weighted by molar-refractivity contribution is 7.99. The van der Waals surface area contributed by atoms with Gasteiger partial charge in [0.15, 0.2) is 0 Å². The fraction of sp³-hybridized carbons (Fsp3) is 0.294. The molecule has 0 fully saturated rings. The zero-order valence-corrected chi connectivity index (χ0v) is 11.7. The Morgan fingerprint density at radius 1 is 0.944 bits per heavy atom. The smallest absolute Gasteiger partial charge is 0.0160 e. The van der Waals surface area contributed by atoms with Crippen LogP contribution in [0.2, 0.25) is 0 Å². The highest BCUT2D eigenvalue weighted by Crippen LogP contribution is 2.48. The Balaban J connectivity index is 2.17. The molecule has 1 atom stereocenters. The van der Waals surface area contributed by atoms with E-state index in [1.54, 1.807) is 0 Å². The first-order chi connectivity index (χ1) is 8.81. The minimum absolute atomic E-state index is 0.559. The molecule has 0 N–H and O–H groups in total. The number of fused-ring (bicyclic) bond motifs is 2. The molecule has 2 aromatic carbocycles. The van der Waals surface area contributed by atoms with Crippen LogP contribution in [0.4, 0.5) is 0 Å². The maximum absolute atomic E-state index is 2.37. The summed E-state index contributed by atoms with van der Waals surface area (Å²) in [6.07, 6.45) is 1.22. The molecule has 0 bridgehead atoms. The van der Waals surface area contributed by atoms with Crippen molar-refractivity contribution >= 4 is 11.8 Å². The van der Waals surface area contributed by atoms with Gasteiger partial charge in [-0.25, -0.2) is 0 Å². The highest BCUT2D eigenvalue weighted by Gasteiger charge is 2.28. The fourth-order valence-electron chi connectivity index (χ4n) is 2.80. The van der Waals surface area contributed by atoms with Gasteiger partial charge in [0.1, 0.15) is 0 Å². The SMILES string of the molecule is CCC(C)C1c2ccccc2Sc2ccccc21. The number of hydrogen-bond acceptors (Lipinski definition) is 1. The molecule has 92 valence electrons. The second-order valence-corrected chi connectivity index (χ2v) is 6.12. The Morgan fingerprint density at radius 2 is 1.44 bits per heavy atom. The molecule has 0 saturated carbocycles. The van der Waals surface area contributed by atoms with Crippen molar-refractivity contribution in [2.24, 2.45) is 5.92 Å². The Kier molecular flexibility index (Phi) is 3.17. The lowest BCUT2D eigenvalue weighted by Crippen LogP contribution is -2.15. The monoisotopic (exact) mass is 254 g/mol. The van der Waals surface area contributed by atoms with Gasteiger partial charge in [-0.05, 0) is 29.2 Å². The fourth-order valence-corrected chi connectivity index (χ4v) is 3.95. The van der Waals surface area contributed by atoms with Crippen molar-refractivity contribution in [2.75, 3.05) is 0 Å². The summed E-state index contributed by atoms with van der Waals surface area (Å²) in [4.78, 5) is 2.86. The van der Waals surface area contributed by atoms with Gasteiger partial charge in [0.05, 0.1) is 0 Å². The Hall–Kier alpha value is -1.21. The molecule has 0 saturated heterocycles. The third-order valence-electron chi connectivity index (χ3n) is 3.94. The summed E-state index contributed by atoms with van der Waals surface area (Å²) in [5.41, 5.74) is 3.02. The zero-order valence-electron chi connectivity index (χ0n) is 10.9. The lowest BCUT2D eigenvalue weighted by Gasteiger charge is -2.31. The number of hydrogen-bond donors (Lipinski definition) is 0. The molecule has 0 radical (unpaired) electrons. The highest BCUT2D eigenvalue weighted by atomic mass is 32.2. The van der Waals surface area contributed by atoms with Gasteiger partial charge in [-0.3, -0.25) is 0 Å². The van der Waals surface area contributed by atoms with E-state index in [4.69, 9.17) is 0 Å². The zero-order chi connectivity index (χ0) is 12.5. The molecule has 0 amide bonds. The van der Waals surface area contributed by atoms with Crippen LogP contribution in [-0.2, 0) is 0 Å². The van der Waals surface area contributed by atoms with E-state index in [2.05, 4.69) is 62.4 Å². The topological polar surface area (TPSA) is 0 Å². The molecule has 0 nitrogen and oxygen atoms in total. The van der Waals surface area contributed by atoms with Crippen LogP contribution < -0.4 is 0 Å². The van der Waals surface area contributed by atoms with Crippen LogP contribution in [0.25, 0.3) is 0 Å². The van der Waals surface area contributed by atoms with E-state index in [1.807, 2.05) is 11.8 Å². The van der Waals surface area contributed by atoms with Crippen LogP contribution in [0.5, 0.6) is 0 Å². The molecular weight excluding hydrogens is 236 g/mol. The molecule has 18 heavy (non-hydrogen) atoms. The Labute approximate surface area is 113 Å². The van der Waals surface area contributed by atoms with Gasteiger partial charge in [0.2, 0.25) is 0 Å². The van der Waals surface area contributed by atoms with Crippen LogP contribution in [0.1, 0.15) is 37.3 Å². The van der Waals surface area contributed by atoms with E-state index in [0.29, 0.717) is 11.8 Å². The number of rotatable bonds is 2. The van der Waals surface area contributed by atoms with Crippen LogP contribution in [-0.4, -0.2) is 0 Å². The molecule has 1 heteroatoms. The van der Waals surface area contributed by atoms with Crippen LogP contribution in [0.15, 0.2) is 58.3 Å². The molecule has 1 heterocycles. The van der Waals surface area contributed by atoms with Gasteiger partial charge in [0.25, 0.3) is 0 Å². The first-order valence-corrected chi connectivity index (χ1v) is 7.48. The second kappa shape index (κ2) is 4.81. The molecule has 0 spiro atoms. The third kappa shape index (κ3) is 1.87. The summed E-state index contributed by atoms with van der Waals surface area (Å²) in [5.74, 6) is 1.25. The van der Waals surface area contributed by atoms with Gasteiger partial charge >= 0.3 is 0 Å². The van der Waals surface area contributed by atoms with Crippen molar-refractivity contribution < 1.29 is 0 Å². The van der Waals surface area contributed by atoms with Gasteiger partial charge < -0.3 is 0 Å². The maximum Gasteiger partial charge on any atom is 0.0160 e. The van der Waals surface area contributed by atoms with Gasteiger partial charge in [-0.15, -0.1) is 0 Å². The summed E-state index contributed by atoms with van der Waals surface area (Å²) in [7, 11) is 0. The van der Waals surface area contributed by atoms with E-state index < -0.39 is 0 Å². The van der Waals surface area contributed by atoms with Gasteiger partial charge in [-0.1, -0.05) is 68.4 Å². The van der Waals surface area contributed by atoms with Crippen molar-refractivity contribution in [3.05, 3.63) is 59.7 Å². The van der Waals surface area contributed by atoms with Crippen molar-refractivity contribution in [1.29, 1.82) is 0 Å². The minimum Gasteiger partial charge on any atom is -0.0895 e. The first kappa shape index (κ1) is 11.9. The molecule has 1 aliphatic rings. The average Bonchev–Trinajstić information content (AvgIpc) is 2.44. The van der Waals surface area contributed by atoms with Crippen LogP contribution >= 0.6 is 11.8 Å². The molecule has 1 aliphatic heterocycles. The summed E-state index contributed by atoms with van der Waals surface area (Å²) in [6, 6.07) is 17.7. The van der Waals surface area contributed by atoms with Gasteiger partial charge in [0, 0.05) is 15.7 Å². The molecular formula is C17H18S. The van der Waals surface area contributed by atoms with E-state index in [9.17, 15) is 0 Å².